The number of aliphatic hydroxyl groups excluding tert-OH is 1. The second-order valence-electron chi connectivity index (χ2n) is 10.1. The summed E-state index contributed by atoms with van der Waals surface area (Å²) in [6.07, 6.45) is 6.38. The summed E-state index contributed by atoms with van der Waals surface area (Å²) in [6, 6.07) is 8.10. The van der Waals surface area contributed by atoms with Crippen LogP contribution in [0.25, 0.3) is 22.2 Å². The van der Waals surface area contributed by atoms with E-state index in [1.165, 1.54) is 6.26 Å². The van der Waals surface area contributed by atoms with Crippen molar-refractivity contribution < 1.29 is 13.5 Å². The van der Waals surface area contributed by atoms with E-state index in [-0.39, 0.29) is 23.7 Å². The standard InChI is InChI=1S/C26H32ClN9O3S/c1-16-17(12-30-40(4,38)39)14-36(16)22-6-5-21(34(2)3)18-11-24(29-13-19(18)22)31-23-7-8-28-26(32-23)20-15-35(9-10-37)33-25(20)27/h5-8,11,13,15-17,30,37H,9-10,12,14H2,1-4H3,(H,28,29,31,32)/t16-,17-/m1/s1. The number of benzene rings is 1. The number of aliphatic hydroxyl groups is 1. The lowest BCUT2D eigenvalue weighted by molar-refractivity contribution is 0.269. The van der Waals surface area contributed by atoms with Crippen LogP contribution in [0.4, 0.5) is 23.0 Å². The minimum atomic E-state index is -3.22. The molecule has 3 N–H and O–H groups in total. The number of hydrogen-bond acceptors (Lipinski definition) is 10. The van der Waals surface area contributed by atoms with Gasteiger partial charge in [-0.25, -0.2) is 28.1 Å². The Labute approximate surface area is 238 Å². The van der Waals surface area contributed by atoms with E-state index >= 15 is 0 Å². The van der Waals surface area contributed by atoms with Crippen LogP contribution in [0.5, 0.6) is 0 Å². The molecule has 0 amide bonds. The monoisotopic (exact) mass is 585 g/mol. The molecule has 0 bridgehead atoms. The van der Waals surface area contributed by atoms with Gasteiger partial charge in [-0.2, -0.15) is 5.10 Å². The topological polar surface area (TPSA) is 141 Å². The van der Waals surface area contributed by atoms with Crippen LogP contribution in [0.3, 0.4) is 0 Å². The van der Waals surface area contributed by atoms with Crippen molar-refractivity contribution in [1.82, 2.24) is 29.5 Å². The Balaban J connectivity index is 1.42. The van der Waals surface area contributed by atoms with Gasteiger partial charge in [0.15, 0.2) is 11.0 Å². The maximum Gasteiger partial charge on any atom is 0.208 e. The van der Waals surface area contributed by atoms with Crippen molar-refractivity contribution in [1.29, 1.82) is 0 Å². The summed E-state index contributed by atoms with van der Waals surface area (Å²) in [7, 11) is 0.774. The second kappa shape index (κ2) is 11.2. The summed E-state index contributed by atoms with van der Waals surface area (Å²) in [5.74, 6) is 1.79. The molecular weight excluding hydrogens is 554 g/mol. The molecule has 1 saturated heterocycles. The van der Waals surface area contributed by atoms with Crippen LogP contribution in [0.1, 0.15) is 6.92 Å². The quantitative estimate of drug-likeness (QED) is 0.254. The third-order valence-electron chi connectivity index (χ3n) is 7.06. The zero-order valence-corrected chi connectivity index (χ0v) is 24.3. The third-order valence-corrected chi connectivity index (χ3v) is 8.03. The first-order valence-electron chi connectivity index (χ1n) is 12.8. The van der Waals surface area contributed by atoms with Gasteiger partial charge in [-0.15, -0.1) is 0 Å². The summed E-state index contributed by atoms with van der Waals surface area (Å²) in [5.41, 5.74) is 2.67. The molecule has 12 nitrogen and oxygen atoms in total. The maximum absolute atomic E-state index is 11.5. The first-order chi connectivity index (χ1) is 19.0. The first-order valence-corrected chi connectivity index (χ1v) is 15.1. The highest BCUT2D eigenvalue weighted by molar-refractivity contribution is 7.88. The molecule has 3 aromatic heterocycles. The van der Waals surface area contributed by atoms with Crippen LogP contribution in [0, 0.1) is 5.92 Å². The summed E-state index contributed by atoms with van der Waals surface area (Å²) >= 11 is 6.29. The molecular formula is C26H32ClN9O3S. The summed E-state index contributed by atoms with van der Waals surface area (Å²) in [6.45, 7) is 3.55. The number of halogens is 1. The van der Waals surface area contributed by atoms with Crippen LogP contribution in [-0.2, 0) is 16.6 Å². The van der Waals surface area contributed by atoms with Gasteiger partial charge < -0.3 is 20.2 Å². The fourth-order valence-corrected chi connectivity index (χ4v) is 5.62. The number of pyridine rings is 1. The molecule has 4 heterocycles. The van der Waals surface area contributed by atoms with Crippen molar-refractivity contribution >= 4 is 55.4 Å². The van der Waals surface area contributed by atoms with Crippen molar-refractivity contribution in [3.05, 3.63) is 48.0 Å². The van der Waals surface area contributed by atoms with E-state index in [0.717, 1.165) is 28.7 Å². The molecule has 1 aromatic carbocycles. The zero-order chi connectivity index (χ0) is 28.6. The van der Waals surface area contributed by atoms with E-state index in [4.69, 9.17) is 11.6 Å². The van der Waals surface area contributed by atoms with Gasteiger partial charge in [-0.3, -0.25) is 4.68 Å². The van der Waals surface area contributed by atoms with Gasteiger partial charge in [0.05, 0.1) is 25.0 Å². The van der Waals surface area contributed by atoms with Crippen molar-refractivity contribution in [3.8, 4) is 11.4 Å². The lowest BCUT2D eigenvalue weighted by Crippen LogP contribution is -2.58. The van der Waals surface area contributed by atoms with Crippen LogP contribution < -0.4 is 19.8 Å². The van der Waals surface area contributed by atoms with Gasteiger partial charge in [0.25, 0.3) is 0 Å². The van der Waals surface area contributed by atoms with E-state index in [9.17, 15) is 13.5 Å². The predicted molar refractivity (Wildman–Crippen MR) is 158 cm³/mol. The number of nitrogens with zero attached hydrogens (tertiary/aromatic N) is 7. The average Bonchev–Trinajstić information content (AvgIpc) is 3.27. The zero-order valence-electron chi connectivity index (χ0n) is 22.7. The number of fused-ring (bicyclic) bond motifs is 1. The Bertz CT molecular complexity index is 1640. The number of anilines is 4. The average molecular weight is 586 g/mol. The molecule has 1 aliphatic heterocycles. The molecule has 4 aromatic rings. The van der Waals surface area contributed by atoms with Crippen molar-refractivity contribution in [3.63, 3.8) is 0 Å². The van der Waals surface area contributed by atoms with Gasteiger partial charge in [-0.1, -0.05) is 11.6 Å². The molecule has 0 spiro atoms. The normalized spacial score (nSPS) is 17.2. The number of rotatable bonds is 10. The molecule has 2 atom stereocenters. The smallest absolute Gasteiger partial charge is 0.208 e. The van der Waals surface area contributed by atoms with Crippen LogP contribution in [0.15, 0.2) is 42.9 Å². The molecule has 40 heavy (non-hydrogen) atoms. The number of aromatic nitrogens is 5. The van der Waals surface area contributed by atoms with Crippen LogP contribution in [-0.4, -0.2) is 84.3 Å². The molecule has 5 rings (SSSR count). The minimum absolute atomic E-state index is 0.0537. The fraction of sp³-hybridized carbons (Fsp3) is 0.385. The highest BCUT2D eigenvalue weighted by Crippen LogP contribution is 2.39. The lowest BCUT2D eigenvalue weighted by atomic mass is 9.88. The summed E-state index contributed by atoms with van der Waals surface area (Å²) in [5, 5.41) is 18.9. The maximum atomic E-state index is 11.5. The molecule has 0 unspecified atom stereocenters. The number of sulfonamides is 1. The lowest BCUT2D eigenvalue weighted by Gasteiger charge is -2.48. The van der Waals surface area contributed by atoms with Crippen molar-refractivity contribution in [2.24, 2.45) is 5.92 Å². The van der Waals surface area contributed by atoms with Gasteiger partial charge in [0, 0.05) is 79.9 Å². The highest BCUT2D eigenvalue weighted by atomic mass is 35.5. The molecule has 0 saturated carbocycles. The Morgan fingerprint density at radius 2 is 1.98 bits per heavy atom. The van der Waals surface area contributed by atoms with E-state index in [0.29, 0.717) is 36.1 Å². The molecule has 0 radical (unpaired) electrons. The highest BCUT2D eigenvalue weighted by Gasteiger charge is 2.36. The molecule has 0 aliphatic carbocycles. The summed E-state index contributed by atoms with van der Waals surface area (Å²) in [4.78, 5) is 18.0. The van der Waals surface area contributed by atoms with Crippen LogP contribution >= 0.6 is 11.6 Å². The van der Waals surface area contributed by atoms with Gasteiger partial charge in [-0.05, 0) is 31.2 Å². The van der Waals surface area contributed by atoms with Crippen LogP contribution in [0.2, 0.25) is 5.15 Å². The van der Waals surface area contributed by atoms with Gasteiger partial charge in [0.1, 0.15) is 11.6 Å². The van der Waals surface area contributed by atoms with Crippen molar-refractivity contribution in [2.45, 2.75) is 19.5 Å². The van der Waals surface area contributed by atoms with E-state index in [1.807, 2.05) is 26.4 Å². The minimum Gasteiger partial charge on any atom is -0.394 e. The van der Waals surface area contributed by atoms with E-state index in [2.05, 4.69) is 58.9 Å². The SMILES string of the molecule is C[C@@H]1[C@H](CNS(C)(=O)=O)CN1c1ccc(N(C)C)c2cc(Nc3ccnc(-c4cn(CCO)nc4Cl)n3)ncc12. The number of hydrogen-bond donors (Lipinski definition) is 3. The Kier molecular flexibility index (Phi) is 7.82. The van der Waals surface area contributed by atoms with Gasteiger partial charge in [0.2, 0.25) is 10.0 Å². The summed E-state index contributed by atoms with van der Waals surface area (Å²) < 4.78 is 27.2. The Morgan fingerprint density at radius 3 is 2.67 bits per heavy atom. The van der Waals surface area contributed by atoms with Crippen molar-refractivity contribution in [2.75, 3.05) is 55.2 Å². The largest absolute Gasteiger partial charge is 0.394 e. The molecule has 1 aliphatic rings. The van der Waals surface area contributed by atoms with E-state index < -0.39 is 10.0 Å². The third kappa shape index (κ3) is 5.82. The first kappa shape index (κ1) is 28.0. The molecule has 14 heteroatoms. The van der Waals surface area contributed by atoms with E-state index in [1.54, 1.807) is 23.1 Å². The molecule has 1 fully saturated rings. The fourth-order valence-electron chi connectivity index (χ4n) is 4.87. The predicted octanol–water partition coefficient (Wildman–Crippen LogP) is 2.72. The van der Waals surface area contributed by atoms with Gasteiger partial charge >= 0.3 is 0 Å². The Morgan fingerprint density at radius 1 is 1.18 bits per heavy atom. The number of nitrogens with one attached hydrogen (secondary N) is 2. The molecule has 212 valence electrons. The Hall–Kier alpha value is -3.52. The second-order valence-corrected chi connectivity index (χ2v) is 12.3.